The zero-order valence-electron chi connectivity index (χ0n) is 16.1. The van der Waals surface area contributed by atoms with Crippen LogP contribution in [0.5, 0.6) is 5.75 Å². The molecule has 0 radical (unpaired) electrons. The van der Waals surface area contributed by atoms with E-state index in [0.29, 0.717) is 12.4 Å². The van der Waals surface area contributed by atoms with Gasteiger partial charge in [0, 0.05) is 20.1 Å². The van der Waals surface area contributed by atoms with Crippen molar-refractivity contribution in [3.63, 3.8) is 0 Å². The Bertz CT molecular complexity index is 1030. The maximum Gasteiger partial charge on any atom is 0.292 e. The SMILES string of the molecule is COC1(OC)N=C(N)[C@]2(C#N)[C@H](c3ccc(OCc4ccccc4)cc3)[C@@]12C#N. The van der Waals surface area contributed by atoms with Gasteiger partial charge in [-0.15, -0.1) is 0 Å². The van der Waals surface area contributed by atoms with Crippen LogP contribution in [0.3, 0.4) is 0 Å². The molecule has 0 spiro atoms. The number of fused-ring (bicyclic) bond motifs is 1. The minimum Gasteiger partial charge on any atom is -0.489 e. The lowest BCUT2D eigenvalue weighted by atomic mass is 9.93. The minimum atomic E-state index is -1.62. The van der Waals surface area contributed by atoms with E-state index in [1.54, 1.807) is 0 Å². The molecule has 0 aromatic heterocycles. The van der Waals surface area contributed by atoms with Gasteiger partial charge in [0.1, 0.15) is 23.6 Å². The number of aliphatic imine (C=N–C) groups is 1. The molecule has 2 aromatic carbocycles. The molecule has 2 N–H and O–H groups in total. The molecule has 29 heavy (non-hydrogen) atoms. The van der Waals surface area contributed by atoms with Crippen molar-refractivity contribution in [1.29, 1.82) is 10.5 Å². The van der Waals surface area contributed by atoms with Gasteiger partial charge in [-0.1, -0.05) is 42.5 Å². The van der Waals surface area contributed by atoms with Crippen molar-refractivity contribution in [1.82, 2.24) is 0 Å². The van der Waals surface area contributed by atoms with Crippen LogP contribution >= 0.6 is 0 Å². The molecule has 7 nitrogen and oxygen atoms in total. The first-order valence-corrected chi connectivity index (χ1v) is 9.10. The Morgan fingerprint density at radius 1 is 1.00 bits per heavy atom. The van der Waals surface area contributed by atoms with E-state index in [4.69, 9.17) is 19.9 Å². The third-order valence-corrected chi connectivity index (χ3v) is 5.94. The summed E-state index contributed by atoms with van der Waals surface area (Å²) in [7, 11) is 2.78. The van der Waals surface area contributed by atoms with Crippen molar-refractivity contribution < 1.29 is 14.2 Å². The summed E-state index contributed by atoms with van der Waals surface area (Å²) in [6.45, 7) is 0.448. The molecular formula is C22H20N4O3. The molecule has 2 aliphatic rings. The Hall–Kier alpha value is -3.39. The largest absolute Gasteiger partial charge is 0.489 e. The van der Waals surface area contributed by atoms with Crippen molar-refractivity contribution in [2.75, 3.05) is 14.2 Å². The molecule has 1 heterocycles. The Morgan fingerprint density at radius 2 is 1.66 bits per heavy atom. The molecule has 1 aliphatic heterocycles. The van der Waals surface area contributed by atoms with Crippen LogP contribution in [-0.2, 0) is 16.1 Å². The van der Waals surface area contributed by atoms with Crippen LogP contribution in [0.15, 0.2) is 59.6 Å². The van der Waals surface area contributed by atoms with Gasteiger partial charge in [-0.05, 0) is 23.3 Å². The van der Waals surface area contributed by atoms with Gasteiger partial charge in [-0.2, -0.15) is 10.5 Å². The number of hydrogen-bond acceptors (Lipinski definition) is 7. The Labute approximate surface area is 168 Å². The van der Waals surface area contributed by atoms with Crippen LogP contribution in [0.25, 0.3) is 0 Å². The van der Waals surface area contributed by atoms with Crippen molar-refractivity contribution >= 4 is 5.84 Å². The summed E-state index contributed by atoms with van der Waals surface area (Å²) in [5.74, 6) is -1.40. The van der Waals surface area contributed by atoms with Gasteiger partial charge in [0.2, 0.25) is 0 Å². The van der Waals surface area contributed by atoms with E-state index in [2.05, 4.69) is 17.1 Å². The highest BCUT2D eigenvalue weighted by Crippen LogP contribution is 2.81. The van der Waals surface area contributed by atoms with Crippen LogP contribution < -0.4 is 10.5 Å². The van der Waals surface area contributed by atoms with E-state index < -0.39 is 22.7 Å². The summed E-state index contributed by atoms with van der Waals surface area (Å²) in [5, 5.41) is 20.0. The summed E-state index contributed by atoms with van der Waals surface area (Å²) in [6, 6.07) is 21.6. The number of nitrogens with zero attached hydrogens (tertiary/aromatic N) is 3. The van der Waals surface area contributed by atoms with Gasteiger partial charge in [0.25, 0.3) is 5.91 Å². The lowest BCUT2D eigenvalue weighted by Crippen LogP contribution is -2.41. The lowest BCUT2D eigenvalue weighted by molar-refractivity contribution is -0.230. The van der Waals surface area contributed by atoms with Gasteiger partial charge < -0.3 is 19.9 Å². The second-order valence-electron chi connectivity index (χ2n) is 7.10. The van der Waals surface area contributed by atoms with Crippen LogP contribution in [0.4, 0.5) is 0 Å². The van der Waals surface area contributed by atoms with Gasteiger partial charge in [0.05, 0.1) is 12.1 Å². The maximum absolute atomic E-state index is 10.1. The second kappa shape index (κ2) is 6.59. The molecule has 0 unspecified atom stereocenters. The Balaban J connectivity index is 1.63. The quantitative estimate of drug-likeness (QED) is 0.761. The summed E-state index contributed by atoms with van der Waals surface area (Å²) in [4.78, 5) is 4.21. The second-order valence-corrected chi connectivity index (χ2v) is 7.10. The fraction of sp³-hybridized carbons (Fsp3) is 0.318. The van der Waals surface area contributed by atoms with E-state index in [-0.39, 0.29) is 5.84 Å². The molecule has 0 bridgehead atoms. The average molecular weight is 388 g/mol. The third kappa shape index (κ3) is 2.26. The lowest BCUT2D eigenvalue weighted by Gasteiger charge is -2.29. The fourth-order valence-electron chi connectivity index (χ4n) is 4.52. The normalized spacial score (nSPS) is 28.6. The van der Waals surface area contributed by atoms with Crippen molar-refractivity contribution in [3.05, 3.63) is 65.7 Å². The van der Waals surface area contributed by atoms with E-state index in [9.17, 15) is 10.5 Å². The molecule has 1 fully saturated rings. The minimum absolute atomic E-state index is 0.0552. The number of methoxy groups -OCH3 is 2. The first-order valence-electron chi connectivity index (χ1n) is 9.10. The molecule has 7 heteroatoms. The molecule has 2 aromatic rings. The van der Waals surface area contributed by atoms with Gasteiger partial charge in [0.15, 0.2) is 5.41 Å². The van der Waals surface area contributed by atoms with Gasteiger partial charge >= 0.3 is 0 Å². The predicted molar refractivity (Wildman–Crippen MR) is 104 cm³/mol. The number of amidine groups is 1. The predicted octanol–water partition coefficient (Wildman–Crippen LogP) is 2.70. The number of nitriles is 2. The highest BCUT2D eigenvalue weighted by atomic mass is 16.7. The molecule has 0 saturated heterocycles. The van der Waals surface area contributed by atoms with E-state index in [1.807, 2.05) is 54.6 Å². The van der Waals surface area contributed by atoms with Crippen LogP contribution in [-0.4, -0.2) is 26.0 Å². The Morgan fingerprint density at radius 3 is 2.21 bits per heavy atom. The number of nitrogens with two attached hydrogens (primary N) is 1. The van der Waals surface area contributed by atoms with E-state index in [0.717, 1.165) is 11.1 Å². The highest BCUT2D eigenvalue weighted by Gasteiger charge is 2.93. The number of hydrogen-bond donors (Lipinski definition) is 1. The molecule has 4 rings (SSSR count). The Kier molecular flexibility index (Phi) is 4.31. The van der Waals surface area contributed by atoms with Crippen LogP contribution in [0.2, 0.25) is 0 Å². The number of ether oxygens (including phenoxy) is 3. The smallest absolute Gasteiger partial charge is 0.292 e. The van der Waals surface area contributed by atoms with E-state index >= 15 is 0 Å². The number of rotatable bonds is 6. The highest BCUT2D eigenvalue weighted by molar-refractivity contribution is 6.00. The van der Waals surface area contributed by atoms with Crippen molar-refractivity contribution in [3.8, 4) is 17.9 Å². The summed E-state index contributed by atoms with van der Waals surface area (Å²) in [6.07, 6.45) is 0. The summed E-state index contributed by atoms with van der Waals surface area (Å²) < 4.78 is 16.8. The van der Waals surface area contributed by atoms with Crippen LogP contribution in [0, 0.1) is 33.5 Å². The molecule has 146 valence electrons. The first kappa shape index (κ1) is 18.9. The summed E-state index contributed by atoms with van der Waals surface area (Å²) in [5.41, 5.74) is 5.31. The zero-order chi connectivity index (χ0) is 20.7. The fourth-order valence-corrected chi connectivity index (χ4v) is 4.52. The topological polar surface area (TPSA) is 114 Å². The summed E-state index contributed by atoms with van der Waals surface area (Å²) >= 11 is 0. The van der Waals surface area contributed by atoms with Crippen LogP contribution in [0.1, 0.15) is 17.0 Å². The maximum atomic E-state index is 10.1. The third-order valence-electron chi connectivity index (χ3n) is 5.94. The molecule has 3 atom stereocenters. The average Bonchev–Trinajstić information content (AvgIpc) is 3.35. The zero-order valence-corrected chi connectivity index (χ0v) is 16.1. The van der Waals surface area contributed by atoms with Gasteiger partial charge in [-0.3, -0.25) is 0 Å². The molecule has 1 aliphatic carbocycles. The number of benzene rings is 2. The van der Waals surface area contributed by atoms with Gasteiger partial charge in [-0.25, -0.2) is 4.99 Å². The molecule has 0 amide bonds. The van der Waals surface area contributed by atoms with Crippen molar-refractivity contribution in [2.24, 2.45) is 21.6 Å². The standard InChI is InChI=1S/C22H20N4O3/c1-27-22(28-2)21(14-24)18(20(21,13-23)19(25)26-22)16-8-10-17(11-9-16)29-12-15-6-4-3-5-7-15/h3-11,18H,12H2,1-2H3,(H2,25,26)/t18-,20-,21+/m0/s1. The first-order chi connectivity index (χ1) is 14.0. The van der Waals surface area contributed by atoms with E-state index in [1.165, 1.54) is 14.2 Å². The molecule has 1 saturated carbocycles. The monoisotopic (exact) mass is 388 g/mol. The molecular weight excluding hydrogens is 368 g/mol. The van der Waals surface area contributed by atoms with Crippen molar-refractivity contribution in [2.45, 2.75) is 18.4 Å².